The van der Waals surface area contributed by atoms with E-state index in [4.69, 9.17) is 4.74 Å². The van der Waals surface area contributed by atoms with Gasteiger partial charge in [0.2, 0.25) is 5.60 Å². The first-order chi connectivity index (χ1) is 6.69. The number of epoxide rings is 1. The molecule has 0 aliphatic carbocycles. The number of hydrogen-bond acceptors (Lipinski definition) is 3. The molecule has 0 radical (unpaired) electrons. The summed E-state index contributed by atoms with van der Waals surface area (Å²) in [4.78, 5) is 11.4. The molecule has 0 spiro atoms. The molecule has 0 amide bonds. The van der Waals surface area contributed by atoms with E-state index >= 15 is 0 Å². The van der Waals surface area contributed by atoms with Gasteiger partial charge in [0.25, 0.3) is 0 Å². The molecule has 1 aromatic carbocycles. The topological polar surface area (TPSA) is 38.8 Å². The summed E-state index contributed by atoms with van der Waals surface area (Å²) in [7, 11) is 1.37. The van der Waals surface area contributed by atoms with Crippen molar-refractivity contribution in [3.63, 3.8) is 0 Å². The Balaban J connectivity index is 2.31. The first kappa shape index (κ1) is 9.68. The van der Waals surface area contributed by atoms with Gasteiger partial charge in [-0.2, -0.15) is 0 Å². The first-order valence-corrected chi connectivity index (χ1v) is 4.97. The van der Waals surface area contributed by atoms with Crippen molar-refractivity contribution in [1.29, 1.82) is 0 Å². The highest BCUT2D eigenvalue weighted by Crippen LogP contribution is 2.40. The summed E-state index contributed by atoms with van der Waals surface area (Å²) in [5.74, 6) is -0.333. The van der Waals surface area contributed by atoms with Crippen LogP contribution in [0.5, 0.6) is 0 Å². The van der Waals surface area contributed by atoms with Crippen LogP contribution < -0.4 is 0 Å². The maximum atomic E-state index is 11.4. The van der Waals surface area contributed by atoms with Crippen LogP contribution in [-0.4, -0.2) is 19.7 Å². The van der Waals surface area contributed by atoms with Gasteiger partial charge in [-0.1, -0.05) is 28.1 Å². The third-order valence-electron chi connectivity index (χ3n) is 2.26. The third kappa shape index (κ3) is 1.44. The molecule has 1 aliphatic rings. The second-order valence-electron chi connectivity index (χ2n) is 3.11. The fourth-order valence-corrected chi connectivity index (χ4v) is 1.62. The monoisotopic (exact) mass is 256 g/mol. The number of rotatable bonds is 2. The van der Waals surface area contributed by atoms with Crippen LogP contribution in [0.25, 0.3) is 0 Å². The van der Waals surface area contributed by atoms with Gasteiger partial charge in [-0.05, 0) is 17.7 Å². The number of methoxy groups -OCH3 is 1. The second kappa shape index (κ2) is 3.37. The minimum atomic E-state index is -0.838. The molecule has 3 nitrogen and oxygen atoms in total. The average molecular weight is 257 g/mol. The summed E-state index contributed by atoms with van der Waals surface area (Å²) >= 11 is 3.33. The molecule has 1 heterocycles. The smallest absolute Gasteiger partial charge is 0.345 e. The number of carbonyl (C=O) groups is 1. The molecule has 0 saturated carbocycles. The van der Waals surface area contributed by atoms with Crippen molar-refractivity contribution in [2.45, 2.75) is 5.60 Å². The lowest BCUT2D eigenvalue weighted by Gasteiger charge is -2.09. The number of hydrogen-bond donors (Lipinski definition) is 0. The Kier molecular flexibility index (Phi) is 2.33. The molecule has 1 atom stereocenters. The zero-order valence-corrected chi connectivity index (χ0v) is 9.21. The molecule has 0 bridgehead atoms. The van der Waals surface area contributed by atoms with E-state index in [1.54, 1.807) is 0 Å². The van der Waals surface area contributed by atoms with Gasteiger partial charge < -0.3 is 9.47 Å². The number of carbonyl (C=O) groups excluding carboxylic acids is 1. The predicted molar refractivity (Wildman–Crippen MR) is 53.8 cm³/mol. The molecule has 1 fully saturated rings. The number of esters is 1. The average Bonchev–Trinajstić information content (AvgIpc) is 2.99. The van der Waals surface area contributed by atoms with E-state index in [0.29, 0.717) is 6.61 Å². The van der Waals surface area contributed by atoms with Gasteiger partial charge >= 0.3 is 5.97 Å². The number of benzene rings is 1. The van der Waals surface area contributed by atoms with Crippen molar-refractivity contribution in [1.82, 2.24) is 0 Å². The van der Waals surface area contributed by atoms with Crippen molar-refractivity contribution >= 4 is 21.9 Å². The van der Waals surface area contributed by atoms with Crippen LogP contribution in [0.4, 0.5) is 0 Å². The van der Waals surface area contributed by atoms with Crippen LogP contribution in [0.2, 0.25) is 0 Å². The van der Waals surface area contributed by atoms with Crippen molar-refractivity contribution in [2.75, 3.05) is 13.7 Å². The fourth-order valence-electron chi connectivity index (χ4n) is 1.36. The van der Waals surface area contributed by atoms with Gasteiger partial charge in [0, 0.05) is 4.47 Å². The van der Waals surface area contributed by atoms with Crippen molar-refractivity contribution in [3.05, 3.63) is 34.3 Å². The number of halogens is 1. The molecule has 74 valence electrons. The lowest BCUT2D eigenvalue weighted by molar-refractivity contribution is -0.147. The van der Waals surface area contributed by atoms with Gasteiger partial charge in [-0.25, -0.2) is 4.79 Å². The molecule has 1 aliphatic heterocycles. The molecule has 4 heteroatoms. The van der Waals surface area contributed by atoms with Crippen LogP contribution in [0.15, 0.2) is 28.7 Å². The maximum absolute atomic E-state index is 11.4. The molecule has 1 aromatic rings. The Bertz CT molecular complexity index is 354. The fraction of sp³-hybridized carbons (Fsp3) is 0.300. The Morgan fingerprint density at radius 1 is 1.50 bits per heavy atom. The van der Waals surface area contributed by atoms with E-state index in [1.165, 1.54) is 7.11 Å². The Morgan fingerprint density at radius 2 is 2.07 bits per heavy atom. The molecule has 0 unspecified atom stereocenters. The predicted octanol–water partition coefficient (Wildman–Crippen LogP) is 1.85. The van der Waals surface area contributed by atoms with Crippen molar-refractivity contribution < 1.29 is 14.3 Å². The minimum absolute atomic E-state index is 0.333. The van der Waals surface area contributed by atoms with E-state index in [0.717, 1.165) is 10.0 Å². The van der Waals surface area contributed by atoms with Crippen LogP contribution in [-0.2, 0) is 19.9 Å². The summed E-state index contributed by atoms with van der Waals surface area (Å²) in [6.07, 6.45) is 0. The lowest BCUT2D eigenvalue weighted by atomic mass is 10.0. The van der Waals surface area contributed by atoms with E-state index in [9.17, 15) is 4.79 Å². The summed E-state index contributed by atoms with van der Waals surface area (Å²) in [5, 5.41) is 0. The van der Waals surface area contributed by atoms with Crippen molar-refractivity contribution in [3.8, 4) is 0 Å². The summed E-state index contributed by atoms with van der Waals surface area (Å²) in [5.41, 5.74) is 0.00248. The maximum Gasteiger partial charge on any atom is 0.345 e. The summed E-state index contributed by atoms with van der Waals surface area (Å²) < 4.78 is 10.8. The largest absolute Gasteiger partial charge is 0.467 e. The standard InChI is InChI=1S/C10H9BrO3/c1-13-9(12)10(6-14-10)7-2-4-8(11)5-3-7/h2-5H,6H2,1H3/t10-/m1/s1. The Morgan fingerprint density at radius 3 is 2.50 bits per heavy atom. The van der Waals surface area contributed by atoms with Crippen molar-refractivity contribution in [2.24, 2.45) is 0 Å². The molecule has 14 heavy (non-hydrogen) atoms. The molecule has 2 rings (SSSR count). The normalized spacial score (nSPS) is 24.4. The van der Waals surface area contributed by atoms with Crippen LogP contribution >= 0.6 is 15.9 Å². The van der Waals surface area contributed by atoms with Gasteiger partial charge in [0.05, 0.1) is 13.7 Å². The van der Waals surface area contributed by atoms with E-state index < -0.39 is 5.60 Å². The lowest BCUT2D eigenvalue weighted by Crippen LogP contribution is -2.23. The van der Waals surface area contributed by atoms with Gasteiger partial charge in [0.15, 0.2) is 0 Å². The highest BCUT2D eigenvalue weighted by atomic mass is 79.9. The second-order valence-corrected chi connectivity index (χ2v) is 4.03. The number of ether oxygens (including phenoxy) is 2. The summed E-state index contributed by atoms with van der Waals surface area (Å²) in [6, 6.07) is 7.46. The third-order valence-corrected chi connectivity index (χ3v) is 2.79. The van der Waals surface area contributed by atoms with E-state index in [-0.39, 0.29) is 5.97 Å². The molecular weight excluding hydrogens is 248 g/mol. The Labute approximate surface area is 90.1 Å². The quantitative estimate of drug-likeness (QED) is 0.599. The highest BCUT2D eigenvalue weighted by molar-refractivity contribution is 9.10. The van der Waals surface area contributed by atoms with Gasteiger partial charge in [-0.3, -0.25) is 0 Å². The van der Waals surface area contributed by atoms with E-state index in [1.807, 2.05) is 24.3 Å². The van der Waals surface area contributed by atoms with Crippen LogP contribution in [0.3, 0.4) is 0 Å². The molecular formula is C10H9BrO3. The summed E-state index contributed by atoms with van der Waals surface area (Å²) in [6.45, 7) is 0.404. The first-order valence-electron chi connectivity index (χ1n) is 4.17. The highest BCUT2D eigenvalue weighted by Gasteiger charge is 2.55. The SMILES string of the molecule is COC(=O)[C@]1(c2ccc(Br)cc2)CO1. The molecule has 0 aromatic heterocycles. The molecule has 1 saturated heterocycles. The zero-order chi connectivity index (χ0) is 10.2. The molecule has 0 N–H and O–H groups in total. The minimum Gasteiger partial charge on any atom is -0.467 e. The van der Waals surface area contributed by atoms with Crippen LogP contribution in [0.1, 0.15) is 5.56 Å². The zero-order valence-electron chi connectivity index (χ0n) is 7.62. The van der Waals surface area contributed by atoms with Crippen LogP contribution in [0, 0.1) is 0 Å². The van der Waals surface area contributed by atoms with Gasteiger partial charge in [0.1, 0.15) is 0 Å². The Hall–Kier alpha value is -0.870. The van der Waals surface area contributed by atoms with Gasteiger partial charge in [-0.15, -0.1) is 0 Å². The van der Waals surface area contributed by atoms with E-state index in [2.05, 4.69) is 20.7 Å².